The molecule has 20 unspecified atom stereocenters. The first-order valence-electron chi connectivity index (χ1n) is 29.8. The Morgan fingerprint density at radius 1 is 0.484 bits per heavy atom. The molecule has 0 aromatic carbocycles. The van der Waals surface area contributed by atoms with Gasteiger partial charge in [-0.2, -0.15) is 16.4 Å². The summed E-state index contributed by atoms with van der Waals surface area (Å²) in [4.78, 5) is 89.2. The maximum absolute atomic E-state index is 11.9. The fraction of sp³-hybridized carbons (Fsp3) is 0.889. The third-order valence-electron chi connectivity index (χ3n) is 15.2. The molecule has 0 radical (unpaired) electrons. The smallest absolute Gasteiger partial charge is 0.303 e. The van der Waals surface area contributed by atoms with E-state index in [2.05, 4.69) is 35.4 Å². The van der Waals surface area contributed by atoms with Gasteiger partial charge in [-0.05, 0) is 60.4 Å². The van der Waals surface area contributed by atoms with Crippen molar-refractivity contribution >= 4 is 36.8 Å². The van der Waals surface area contributed by atoms with Crippen molar-refractivity contribution < 1.29 is 164 Å². The van der Waals surface area contributed by atoms with Gasteiger partial charge in [0.2, 0.25) is 6.29 Å². The molecule has 0 aliphatic carbocycles. The van der Waals surface area contributed by atoms with E-state index in [0.29, 0.717) is 49.3 Å². The third-order valence-corrected chi connectivity index (χ3v) is 15.2. The number of carbonyl (C=O) groups is 6. The minimum Gasteiger partial charge on any atom is -1.00 e. The molecule has 23 atom stereocenters. The lowest BCUT2D eigenvalue weighted by atomic mass is 9.95. The molecule has 4 fully saturated rings. The number of aliphatic carboxylic acids is 3. The van der Waals surface area contributed by atoms with E-state index in [0.717, 1.165) is 19.5 Å². The van der Waals surface area contributed by atoms with E-state index in [1.165, 1.54) is 0 Å². The van der Waals surface area contributed by atoms with Crippen molar-refractivity contribution in [2.24, 2.45) is 0 Å². The summed E-state index contributed by atoms with van der Waals surface area (Å²) < 4.78 is 54.7. The summed E-state index contributed by atoms with van der Waals surface area (Å²) in [5.74, 6) is -3.65. The number of nitrogens with zero attached hydrogens (tertiary/aromatic N) is 3. The van der Waals surface area contributed by atoms with Crippen LogP contribution in [0.4, 0.5) is 0 Å². The van der Waals surface area contributed by atoms with Crippen LogP contribution < -0.4 is 28.8 Å². The van der Waals surface area contributed by atoms with E-state index >= 15 is 0 Å². The van der Waals surface area contributed by atoms with E-state index < -0.39 is 198 Å². The van der Waals surface area contributed by atoms with Crippen molar-refractivity contribution in [2.45, 2.75) is 199 Å². The van der Waals surface area contributed by atoms with E-state index in [-0.39, 0.29) is 51.5 Å². The summed E-state index contributed by atoms with van der Waals surface area (Å²) in [5, 5.41) is 131. The zero-order valence-corrected chi connectivity index (χ0v) is 52.6. The number of quaternary nitrogens is 1. The highest BCUT2D eigenvalue weighted by Gasteiger charge is 2.56. The number of carbonyl (C=O) groups excluding carboxylic acids is 3. The fourth-order valence-corrected chi connectivity index (χ4v) is 9.98. The Hall–Kier alpha value is -3.37. The summed E-state index contributed by atoms with van der Waals surface area (Å²) in [5.41, 5.74) is 7.01. The number of nitrogens with one attached hydrogen (secondary N) is 3. The van der Waals surface area contributed by atoms with Gasteiger partial charge in [-0.1, -0.05) is 0 Å². The number of aliphatic hydroxyl groups is 9. The number of rotatable bonds is 45. The van der Waals surface area contributed by atoms with E-state index in [4.69, 9.17) is 72.5 Å². The molecule has 0 bridgehead atoms. The van der Waals surface area contributed by atoms with Crippen LogP contribution in [0.2, 0.25) is 0 Å². The zero-order valence-electron chi connectivity index (χ0n) is 51.9. The first-order chi connectivity index (χ1) is 42.6. The number of carboxylic acids is 3. The summed E-state index contributed by atoms with van der Waals surface area (Å²) in [6, 6.07) is -3.59. The second kappa shape index (κ2) is 41.6. The molecule has 530 valence electrons. The molecule has 0 amide bonds. The van der Waals surface area contributed by atoms with Gasteiger partial charge in [-0.25, -0.2) is 0 Å². The number of hydroxylamine groups is 3. The van der Waals surface area contributed by atoms with Gasteiger partial charge in [0.05, 0.1) is 78.3 Å². The summed E-state index contributed by atoms with van der Waals surface area (Å²) in [7, 11) is 11.8. The Morgan fingerprint density at radius 3 is 1.26 bits per heavy atom. The van der Waals surface area contributed by atoms with Crippen molar-refractivity contribution in [1.82, 2.24) is 26.2 Å². The number of carboxylic acid groups (broad SMARTS) is 3. The Labute approximate surface area is 532 Å². The summed E-state index contributed by atoms with van der Waals surface area (Å²) in [6.45, 7) is 0.889. The van der Waals surface area contributed by atoms with Crippen LogP contribution in [0.5, 0.6) is 0 Å². The lowest BCUT2D eigenvalue weighted by Crippen LogP contribution is -3.00. The minimum atomic E-state index is -2.16. The molecule has 15 N–H and O–H groups in total. The molecule has 4 heterocycles. The summed E-state index contributed by atoms with van der Waals surface area (Å²) >= 11 is 0. The Balaban J connectivity index is 0.0000216. The predicted molar refractivity (Wildman–Crippen MR) is 300 cm³/mol. The van der Waals surface area contributed by atoms with Crippen molar-refractivity contribution in [2.75, 3.05) is 108 Å². The van der Waals surface area contributed by atoms with E-state index in [9.17, 15) is 74.7 Å². The summed E-state index contributed by atoms with van der Waals surface area (Å²) in [6.07, 6.45) is -36.0. The van der Waals surface area contributed by atoms with Crippen molar-refractivity contribution in [3.63, 3.8) is 0 Å². The van der Waals surface area contributed by atoms with Crippen LogP contribution in [-0.4, -0.2) is 361 Å². The molecular weight excluding hydrogens is 1250 g/mol. The highest BCUT2D eigenvalue weighted by atomic mass is 35.5. The lowest BCUT2D eigenvalue weighted by molar-refractivity contribution is -0.890. The maximum Gasteiger partial charge on any atom is 0.303 e. The van der Waals surface area contributed by atoms with Gasteiger partial charge in [0.1, 0.15) is 117 Å². The molecule has 36 nitrogen and oxygen atoms in total. The average molecular weight is 1350 g/mol. The van der Waals surface area contributed by atoms with E-state index in [1.54, 1.807) is 0 Å². The Bertz CT molecular complexity index is 2120. The van der Waals surface area contributed by atoms with Crippen LogP contribution in [-0.2, 0) is 85.9 Å². The first-order valence-corrected chi connectivity index (χ1v) is 29.8. The topological polar surface area (TPSA) is 499 Å². The Morgan fingerprint density at radius 2 is 0.835 bits per heavy atom. The second-order valence-corrected chi connectivity index (χ2v) is 23.7. The maximum atomic E-state index is 11.9. The van der Waals surface area contributed by atoms with Gasteiger partial charge in [0.25, 0.3) is 0 Å². The Kier molecular flexibility index (Phi) is 37.4. The highest BCUT2D eigenvalue weighted by molar-refractivity contribution is 5.69. The molecule has 91 heavy (non-hydrogen) atoms. The molecule has 4 saturated heterocycles. The number of halogens is 1. The molecule has 4 aliphatic heterocycles. The molecule has 0 saturated carbocycles. The van der Waals surface area contributed by atoms with Crippen LogP contribution in [0.3, 0.4) is 0 Å². The predicted octanol–water partition coefficient (Wildman–Crippen LogP) is -10.4. The van der Waals surface area contributed by atoms with Crippen LogP contribution in [0, 0.1) is 0 Å². The molecule has 0 spiro atoms. The van der Waals surface area contributed by atoms with Gasteiger partial charge in [0, 0.05) is 45.3 Å². The van der Waals surface area contributed by atoms with Crippen molar-refractivity contribution in [1.29, 1.82) is 0 Å². The van der Waals surface area contributed by atoms with Gasteiger partial charge >= 0.3 is 17.9 Å². The van der Waals surface area contributed by atoms with Crippen LogP contribution in [0.25, 0.3) is 0 Å². The van der Waals surface area contributed by atoms with Crippen molar-refractivity contribution in [3.05, 3.63) is 0 Å². The van der Waals surface area contributed by atoms with Crippen LogP contribution in [0.1, 0.15) is 57.8 Å². The number of aliphatic hydroxyl groups excluding tert-OH is 9. The minimum absolute atomic E-state index is 0. The van der Waals surface area contributed by atoms with Gasteiger partial charge in [-0.3, -0.25) is 28.9 Å². The standard InChI is InChI=1S/C54H96N6O30.ClH/c1-58(2)16-7-18-60(5,6)19-9-21-80-27-34-49(41(73)46(78)54(85-34)90-57-31(24-63)12-15-38(69)70)87-51-43(75)39(71)47(32(25-64)82-51)86-52-44(76)40(72)48(33(83-52)26-79-20-8-17-59(3)4)88-53-45(77)42(74)50(89-56-30(23-62)11-14-37(67)68)35(84-53)28-81-55-29(22-61)10-13-36(65)66;/h22-24,29-35,39-57,64,71-78H,7-21,25-28H2,1-6H3,(H2-,65,66,67,68,69,70);1H/t29-,30-,31-,32?,33?,34?,35?,39?,40?,41?,42?,43?,44?,45?,46?,47?,48?,49?,50?,51?,52?,53?,54?;/m0./s1. The number of hydrogen-bond acceptors (Lipinski definition) is 32. The average Bonchev–Trinajstić information content (AvgIpc) is 0.837. The second-order valence-electron chi connectivity index (χ2n) is 23.7. The number of aldehydes is 3. The SMILES string of the molecule is CN(C)CCCOCC1OC(OC2C(CO)OC(OC3C(COCCC[N+](C)(C)CCCN(C)C)OC(ON[C@H](C=O)CCC(=O)O)C(O)C3O)C(O)C2O)C(O)C(O)C1OC1OC(CON[C@H](C=O)CCC(=O)O)C(ON[C@H](C=O)CCC(=O)O)C(O)C1O.[Cl-]. The lowest BCUT2D eigenvalue weighted by Gasteiger charge is -2.49. The molecular formula is C54H97ClN6O30. The monoisotopic (exact) mass is 1340 g/mol. The molecule has 37 heteroatoms. The van der Waals surface area contributed by atoms with Gasteiger partial charge in [-0.15, -0.1) is 0 Å². The van der Waals surface area contributed by atoms with Crippen LogP contribution in [0.15, 0.2) is 0 Å². The van der Waals surface area contributed by atoms with Crippen molar-refractivity contribution in [3.8, 4) is 0 Å². The van der Waals surface area contributed by atoms with E-state index in [1.807, 2.05) is 33.1 Å². The molecule has 4 aliphatic rings. The first kappa shape index (κ1) is 81.9. The zero-order chi connectivity index (χ0) is 66.8. The van der Waals surface area contributed by atoms with Gasteiger partial charge < -0.3 is 145 Å². The van der Waals surface area contributed by atoms with Crippen LogP contribution >= 0.6 is 0 Å². The van der Waals surface area contributed by atoms with Gasteiger partial charge in [0.15, 0.2) is 18.9 Å². The third kappa shape index (κ3) is 27.0. The normalized spacial score (nSPS) is 33.2. The number of hydrogen-bond donors (Lipinski definition) is 15. The molecule has 0 aromatic rings. The number of ether oxygens (including phenoxy) is 9. The quantitative estimate of drug-likeness (QED) is 0.0116. The molecule has 4 rings (SSSR count). The highest BCUT2D eigenvalue weighted by Crippen LogP contribution is 2.35. The fourth-order valence-electron chi connectivity index (χ4n) is 9.98. The largest absolute Gasteiger partial charge is 1.00 e. The molecule has 0 aromatic heterocycles.